The number of ether oxygens (including phenoxy) is 1. The lowest BCUT2D eigenvalue weighted by molar-refractivity contribution is 0.131. The van der Waals surface area contributed by atoms with Crippen LogP contribution in [0.25, 0.3) is 0 Å². The summed E-state index contributed by atoms with van der Waals surface area (Å²) in [4.78, 5) is 0.136. The molecule has 0 aliphatic carbocycles. The summed E-state index contributed by atoms with van der Waals surface area (Å²) < 4.78 is 5.34. The molecule has 0 heterocycles. The highest BCUT2D eigenvalue weighted by Crippen LogP contribution is 1.96. The third kappa shape index (κ3) is 6.35. The molecule has 0 aliphatic rings. The zero-order valence-corrected chi connectivity index (χ0v) is 7.83. The van der Waals surface area contributed by atoms with E-state index < -0.39 is 0 Å². The summed E-state index contributed by atoms with van der Waals surface area (Å²) in [5, 5.41) is 0. The van der Waals surface area contributed by atoms with E-state index >= 15 is 0 Å². The average Bonchev–Trinajstić information content (AvgIpc) is 1.98. The van der Waals surface area contributed by atoms with Crippen molar-refractivity contribution in [3.63, 3.8) is 0 Å². The lowest BCUT2D eigenvalue weighted by Gasteiger charge is -2.07. The molecular weight excluding hydrogens is 139 g/mol. The van der Waals surface area contributed by atoms with Crippen LogP contribution in [0.1, 0.15) is 26.2 Å². The van der Waals surface area contributed by atoms with Gasteiger partial charge < -0.3 is 4.74 Å². The molecule has 0 aromatic rings. The topological polar surface area (TPSA) is 9.23 Å². The van der Waals surface area contributed by atoms with Gasteiger partial charge in [0.05, 0.1) is 0 Å². The second-order valence-electron chi connectivity index (χ2n) is 2.28. The molecule has 0 saturated carbocycles. The second-order valence-corrected chi connectivity index (χ2v) is 2.94. The summed E-state index contributed by atoms with van der Waals surface area (Å²) >= 11 is 2.58. The molecule has 0 rings (SSSR count). The summed E-state index contributed by atoms with van der Waals surface area (Å²) in [5.41, 5.74) is 0. The van der Waals surface area contributed by atoms with Crippen LogP contribution in [0.4, 0.5) is 0 Å². The van der Waals surface area contributed by atoms with Gasteiger partial charge in [-0.15, -0.1) is 6.58 Å². The van der Waals surface area contributed by atoms with Crippen molar-refractivity contribution >= 4 is 16.3 Å². The number of unbranched alkanes of at least 4 members (excludes halogenated alkanes) is 2. The van der Waals surface area contributed by atoms with Gasteiger partial charge in [0, 0.05) is 6.61 Å². The van der Waals surface area contributed by atoms with E-state index in [0.717, 1.165) is 13.0 Å². The first-order valence-electron chi connectivity index (χ1n) is 3.81. The fourth-order valence-corrected chi connectivity index (χ4v) is 0.776. The molecule has 0 N–H and O–H groups in total. The molecule has 0 bridgehead atoms. The molecule has 56 valence electrons. The Morgan fingerprint density at radius 3 is 2.80 bits per heavy atom. The monoisotopic (exact) mass is 154 g/mol. The number of rotatable bonds is 6. The lowest BCUT2D eigenvalue weighted by Crippen LogP contribution is -2.09. The van der Waals surface area contributed by atoms with Gasteiger partial charge in [-0.1, -0.05) is 25.8 Å². The molecule has 1 unspecified atom stereocenters. The quantitative estimate of drug-likeness (QED) is 0.322. The van der Waals surface area contributed by atoms with Crippen LogP contribution in [0.3, 0.4) is 0 Å². The number of hydrogen-bond donors (Lipinski definition) is 0. The molecule has 1 nitrogen and oxygen atoms in total. The largest absolute Gasteiger partial charge is 0.392 e. The average molecular weight is 154 g/mol. The van der Waals surface area contributed by atoms with Crippen molar-refractivity contribution in [1.82, 2.24) is 0 Å². The van der Waals surface area contributed by atoms with Gasteiger partial charge >= 0.3 is 0 Å². The van der Waals surface area contributed by atoms with Gasteiger partial charge in [0.2, 0.25) is 0 Å². The minimum atomic E-state index is 0.136. The molecule has 0 spiro atoms. The number of hydrogen-bond acceptors (Lipinski definition) is 1. The minimum absolute atomic E-state index is 0.136. The lowest BCUT2D eigenvalue weighted by atomic mass is 10.3. The van der Waals surface area contributed by atoms with Crippen molar-refractivity contribution in [1.29, 1.82) is 0 Å². The molecule has 0 fully saturated rings. The van der Waals surface area contributed by atoms with Crippen LogP contribution in [0, 0.1) is 0 Å². The molecule has 1 atom stereocenters. The Morgan fingerprint density at radius 1 is 1.60 bits per heavy atom. The van der Waals surface area contributed by atoms with Crippen LogP contribution < -0.4 is 0 Å². The fourth-order valence-electron chi connectivity index (χ4n) is 0.640. The third-order valence-electron chi connectivity index (χ3n) is 1.29. The first-order chi connectivity index (χ1) is 4.81. The van der Waals surface area contributed by atoms with E-state index in [2.05, 4.69) is 29.8 Å². The first kappa shape index (κ1) is 10.2. The van der Waals surface area contributed by atoms with Gasteiger partial charge in [-0.25, -0.2) is 0 Å². The Labute approximate surface area is 71.9 Å². The van der Waals surface area contributed by atoms with Gasteiger partial charge in [0.1, 0.15) is 0 Å². The molecule has 10 heavy (non-hydrogen) atoms. The molecule has 0 aromatic carbocycles. The van der Waals surface area contributed by atoms with Crippen LogP contribution in [0.15, 0.2) is 12.7 Å². The van der Waals surface area contributed by atoms with Gasteiger partial charge in [0.25, 0.3) is 0 Å². The maximum absolute atomic E-state index is 5.34. The van der Waals surface area contributed by atoms with E-state index in [4.69, 9.17) is 4.74 Å². The first-order valence-corrected chi connectivity index (χ1v) is 4.47. The van der Waals surface area contributed by atoms with E-state index in [-0.39, 0.29) is 4.97 Å². The molecule has 0 aliphatic heterocycles. The van der Waals surface area contributed by atoms with Gasteiger partial charge in [-0.3, -0.25) is 0 Å². The summed E-state index contributed by atoms with van der Waals surface area (Å²) in [5.74, 6) is 0. The highest BCUT2D eigenvalue weighted by molar-refractivity contribution is 6.12. The van der Waals surface area contributed by atoms with Gasteiger partial charge in [-0.05, 0) is 11.4 Å². The minimum Gasteiger partial charge on any atom is -0.392 e. The summed E-state index contributed by atoms with van der Waals surface area (Å²) in [6.07, 6.45) is 5.46. The van der Waals surface area contributed by atoms with Crippen LogP contribution in [-0.2, 0) is 4.74 Å². The fraction of sp³-hybridized carbons (Fsp3) is 0.750. The summed E-state index contributed by atoms with van der Waals surface area (Å²) in [7, 11) is 0. The Hall–Kier alpha value is 0.232. The smallest absolute Gasteiger partial charge is 0.178 e. The summed E-state index contributed by atoms with van der Waals surface area (Å²) in [6, 6.07) is 0. The highest BCUT2D eigenvalue weighted by atomic mass is 27.0. The Bertz CT molecular complexity index is 83.3. The van der Waals surface area contributed by atoms with Crippen molar-refractivity contribution in [3.05, 3.63) is 12.7 Å². The molecule has 0 aromatic heterocycles. The molecule has 2 heteroatoms. The zero-order valence-electron chi connectivity index (χ0n) is 6.68. The highest BCUT2D eigenvalue weighted by Gasteiger charge is 1.92. The maximum Gasteiger partial charge on any atom is 0.178 e. The SMILES string of the molecule is C=C[CH]([Al])OCCCCC. The predicted octanol–water partition coefficient (Wildman–Crippen LogP) is 1.87. The van der Waals surface area contributed by atoms with Crippen molar-refractivity contribution in [2.45, 2.75) is 31.2 Å². The molecule has 0 saturated heterocycles. The Morgan fingerprint density at radius 2 is 2.30 bits per heavy atom. The standard InChI is InChI=1S/C8H15O.Al/c1-3-5-6-8-9-7-4-2;/h4,7H,2-3,5-6,8H2,1H3;. The second kappa shape index (κ2) is 7.34. The van der Waals surface area contributed by atoms with Crippen LogP contribution in [0.5, 0.6) is 0 Å². The van der Waals surface area contributed by atoms with E-state index in [1.54, 1.807) is 6.08 Å². The maximum atomic E-state index is 5.34. The van der Waals surface area contributed by atoms with E-state index in [1.807, 2.05) is 0 Å². The van der Waals surface area contributed by atoms with Crippen molar-refractivity contribution in [2.24, 2.45) is 0 Å². The van der Waals surface area contributed by atoms with Crippen LogP contribution in [-0.4, -0.2) is 27.9 Å². The molecule has 0 amide bonds. The predicted molar refractivity (Wildman–Crippen MR) is 45.2 cm³/mol. The molecular formula is C8H15AlO. The van der Waals surface area contributed by atoms with E-state index in [9.17, 15) is 0 Å². The van der Waals surface area contributed by atoms with Gasteiger partial charge in [-0.2, -0.15) is 0 Å². The normalized spacial score (nSPS) is 12.9. The van der Waals surface area contributed by atoms with E-state index in [0.29, 0.717) is 0 Å². The van der Waals surface area contributed by atoms with Crippen molar-refractivity contribution in [2.75, 3.05) is 6.61 Å². The summed E-state index contributed by atoms with van der Waals surface area (Å²) in [6.45, 7) is 6.66. The van der Waals surface area contributed by atoms with E-state index in [1.165, 1.54) is 12.8 Å². The Balaban J connectivity index is 2.95. The third-order valence-corrected chi connectivity index (χ3v) is 1.76. The van der Waals surface area contributed by atoms with Crippen LogP contribution in [0.2, 0.25) is 0 Å². The Kier molecular flexibility index (Phi) is 7.51. The van der Waals surface area contributed by atoms with Crippen molar-refractivity contribution < 1.29 is 4.74 Å². The van der Waals surface area contributed by atoms with Crippen molar-refractivity contribution in [3.8, 4) is 0 Å². The van der Waals surface area contributed by atoms with Crippen LogP contribution >= 0.6 is 0 Å². The molecule has 2 radical (unpaired) electrons. The zero-order chi connectivity index (χ0) is 7.82. The van der Waals surface area contributed by atoms with Gasteiger partial charge in [0.15, 0.2) is 16.3 Å².